The maximum atomic E-state index is 10.1. The highest BCUT2D eigenvalue weighted by Gasteiger charge is 2.14. The Kier molecular flexibility index (Phi) is 3.48. The summed E-state index contributed by atoms with van der Waals surface area (Å²) in [7, 11) is 1.57. The zero-order valence-corrected chi connectivity index (χ0v) is 9.65. The van der Waals surface area contributed by atoms with Crippen LogP contribution in [-0.2, 0) is 6.42 Å². The molecule has 0 aliphatic rings. The molecule has 2 rings (SSSR count). The van der Waals surface area contributed by atoms with Crippen molar-refractivity contribution in [3.63, 3.8) is 0 Å². The minimum Gasteiger partial charge on any atom is -0.495 e. The van der Waals surface area contributed by atoms with Gasteiger partial charge < -0.3 is 9.84 Å². The van der Waals surface area contributed by atoms with E-state index in [0.717, 1.165) is 10.4 Å². The van der Waals surface area contributed by atoms with Crippen molar-refractivity contribution in [2.24, 2.45) is 0 Å². The molecule has 0 aliphatic carbocycles. The third-order valence-corrected chi connectivity index (χ3v) is 3.08. The number of methoxy groups -OCH3 is 1. The highest BCUT2D eigenvalue weighted by molar-refractivity contribution is 7.09. The molecule has 0 saturated carbocycles. The van der Waals surface area contributed by atoms with Crippen molar-refractivity contribution in [2.45, 2.75) is 12.5 Å². The fourth-order valence-electron chi connectivity index (χ4n) is 1.48. The van der Waals surface area contributed by atoms with Gasteiger partial charge in [0.05, 0.1) is 24.9 Å². The molecule has 16 heavy (non-hydrogen) atoms. The van der Waals surface area contributed by atoms with Crippen LogP contribution in [0, 0.1) is 0 Å². The van der Waals surface area contributed by atoms with Crippen LogP contribution in [0.25, 0.3) is 0 Å². The van der Waals surface area contributed by atoms with Crippen molar-refractivity contribution in [1.29, 1.82) is 0 Å². The van der Waals surface area contributed by atoms with Gasteiger partial charge in [0, 0.05) is 29.3 Å². The number of aliphatic hydroxyl groups is 1. The third kappa shape index (κ3) is 2.37. The van der Waals surface area contributed by atoms with Gasteiger partial charge in [-0.2, -0.15) is 0 Å². The Bertz CT molecular complexity index is 445. The first kappa shape index (κ1) is 11.0. The standard InChI is InChI=1S/C11H12N2O2S/c1-15-11-6-12-3-2-9(11)10(14)4-8-5-13-7-16-8/h2-3,5-7,10,14H,4H2,1H3. The predicted molar refractivity (Wildman–Crippen MR) is 61.6 cm³/mol. The van der Waals surface area contributed by atoms with Crippen LogP contribution < -0.4 is 4.74 Å². The Morgan fingerprint density at radius 3 is 3.00 bits per heavy atom. The summed E-state index contributed by atoms with van der Waals surface area (Å²) in [5, 5.41) is 10.1. The maximum absolute atomic E-state index is 10.1. The number of aromatic nitrogens is 2. The molecule has 4 nitrogen and oxygen atoms in total. The quantitative estimate of drug-likeness (QED) is 0.879. The molecule has 0 aliphatic heterocycles. The summed E-state index contributed by atoms with van der Waals surface area (Å²) in [5.41, 5.74) is 2.51. The van der Waals surface area contributed by atoms with E-state index in [4.69, 9.17) is 4.74 Å². The SMILES string of the molecule is COc1cnccc1C(O)Cc1cncs1. The molecular formula is C11H12N2O2S. The Morgan fingerprint density at radius 1 is 1.44 bits per heavy atom. The second-order valence-corrected chi connectivity index (χ2v) is 4.28. The number of nitrogens with zero attached hydrogens (tertiary/aromatic N) is 2. The fourth-order valence-corrected chi connectivity index (χ4v) is 2.11. The van der Waals surface area contributed by atoms with Gasteiger partial charge >= 0.3 is 0 Å². The van der Waals surface area contributed by atoms with E-state index in [1.54, 1.807) is 37.3 Å². The lowest BCUT2D eigenvalue weighted by Gasteiger charge is -2.12. The van der Waals surface area contributed by atoms with Gasteiger partial charge in [-0.05, 0) is 6.07 Å². The third-order valence-electron chi connectivity index (χ3n) is 2.27. The Labute approximate surface area is 97.6 Å². The molecule has 0 saturated heterocycles. The zero-order valence-electron chi connectivity index (χ0n) is 8.83. The normalized spacial score (nSPS) is 12.4. The molecule has 1 atom stereocenters. The molecule has 0 bridgehead atoms. The first-order chi connectivity index (χ1) is 7.81. The average Bonchev–Trinajstić information content (AvgIpc) is 2.81. The largest absolute Gasteiger partial charge is 0.495 e. The number of hydrogen-bond acceptors (Lipinski definition) is 5. The summed E-state index contributed by atoms with van der Waals surface area (Å²) in [6.07, 6.45) is 4.98. The van der Waals surface area contributed by atoms with Crippen LogP contribution in [-0.4, -0.2) is 22.2 Å². The van der Waals surface area contributed by atoms with Crippen LogP contribution in [0.1, 0.15) is 16.5 Å². The maximum Gasteiger partial charge on any atom is 0.142 e. The first-order valence-corrected chi connectivity index (χ1v) is 5.72. The van der Waals surface area contributed by atoms with Crippen molar-refractivity contribution in [2.75, 3.05) is 7.11 Å². The molecule has 0 amide bonds. The number of thiazole rings is 1. The van der Waals surface area contributed by atoms with Crippen LogP contribution in [0.3, 0.4) is 0 Å². The summed E-state index contributed by atoms with van der Waals surface area (Å²) in [4.78, 5) is 8.97. The highest BCUT2D eigenvalue weighted by Crippen LogP contribution is 2.27. The van der Waals surface area contributed by atoms with Gasteiger partial charge in [0.15, 0.2) is 0 Å². The monoisotopic (exact) mass is 236 g/mol. The van der Waals surface area contributed by atoms with Crippen molar-refractivity contribution in [3.05, 3.63) is 40.6 Å². The minimum atomic E-state index is -0.585. The number of hydrogen-bond donors (Lipinski definition) is 1. The second-order valence-electron chi connectivity index (χ2n) is 3.31. The summed E-state index contributed by atoms with van der Waals surface area (Å²) in [5.74, 6) is 0.611. The van der Waals surface area contributed by atoms with E-state index < -0.39 is 6.10 Å². The van der Waals surface area contributed by atoms with E-state index in [-0.39, 0.29) is 0 Å². The van der Waals surface area contributed by atoms with E-state index in [0.29, 0.717) is 12.2 Å². The van der Waals surface area contributed by atoms with Crippen molar-refractivity contribution >= 4 is 11.3 Å². The van der Waals surface area contributed by atoms with Crippen molar-refractivity contribution < 1.29 is 9.84 Å². The van der Waals surface area contributed by atoms with Crippen LogP contribution in [0.15, 0.2) is 30.2 Å². The first-order valence-electron chi connectivity index (χ1n) is 4.84. The second kappa shape index (κ2) is 5.05. The Balaban J connectivity index is 2.17. The number of pyridine rings is 1. The average molecular weight is 236 g/mol. The zero-order chi connectivity index (χ0) is 11.4. The molecule has 0 fully saturated rings. The lowest BCUT2D eigenvalue weighted by atomic mass is 10.1. The van der Waals surface area contributed by atoms with Gasteiger partial charge in [0.1, 0.15) is 5.75 Å². The molecular weight excluding hydrogens is 224 g/mol. The molecule has 2 aromatic rings. The van der Waals surface area contributed by atoms with E-state index in [2.05, 4.69) is 9.97 Å². The molecule has 0 spiro atoms. The summed E-state index contributed by atoms with van der Waals surface area (Å²) >= 11 is 1.53. The Hall–Kier alpha value is -1.46. The molecule has 1 N–H and O–H groups in total. The summed E-state index contributed by atoms with van der Waals surface area (Å²) in [6.45, 7) is 0. The highest BCUT2D eigenvalue weighted by atomic mass is 32.1. The van der Waals surface area contributed by atoms with Gasteiger partial charge in [-0.3, -0.25) is 9.97 Å². The number of aliphatic hydroxyl groups excluding tert-OH is 1. The van der Waals surface area contributed by atoms with Crippen LogP contribution >= 0.6 is 11.3 Å². The van der Waals surface area contributed by atoms with Crippen LogP contribution in [0.4, 0.5) is 0 Å². The molecule has 2 aromatic heterocycles. The molecule has 0 radical (unpaired) electrons. The lowest BCUT2D eigenvalue weighted by Crippen LogP contribution is -2.03. The van der Waals surface area contributed by atoms with E-state index in [9.17, 15) is 5.11 Å². The number of rotatable bonds is 4. The Morgan fingerprint density at radius 2 is 2.31 bits per heavy atom. The van der Waals surface area contributed by atoms with Crippen LogP contribution in [0.5, 0.6) is 5.75 Å². The molecule has 5 heteroatoms. The van der Waals surface area contributed by atoms with E-state index in [1.807, 2.05) is 0 Å². The number of ether oxygens (including phenoxy) is 1. The van der Waals surface area contributed by atoms with E-state index in [1.165, 1.54) is 11.3 Å². The van der Waals surface area contributed by atoms with Gasteiger partial charge in [-0.25, -0.2) is 0 Å². The predicted octanol–water partition coefficient (Wildman–Crippen LogP) is 1.82. The van der Waals surface area contributed by atoms with Gasteiger partial charge in [0.25, 0.3) is 0 Å². The molecule has 0 aromatic carbocycles. The molecule has 2 heterocycles. The van der Waals surface area contributed by atoms with Crippen molar-refractivity contribution in [3.8, 4) is 5.75 Å². The minimum absolute atomic E-state index is 0.547. The lowest BCUT2D eigenvalue weighted by molar-refractivity contribution is 0.174. The van der Waals surface area contributed by atoms with Gasteiger partial charge in [-0.15, -0.1) is 11.3 Å². The molecule has 1 unspecified atom stereocenters. The smallest absolute Gasteiger partial charge is 0.142 e. The summed E-state index contributed by atoms with van der Waals surface area (Å²) in [6, 6.07) is 1.77. The van der Waals surface area contributed by atoms with Crippen LogP contribution in [0.2, 0.25) is 0 Å². The fraction of sp³-hybridized carbons (Fsp3) is 0.273. The molecule has 84 valence electrons. The van der Waals surface area contributed by atoms with Gasteiger partial charge in [0.2, 0.25) is 0 Å². The van der Waals surface area contributed by atoms with Crippen molar-refractivity contribution in [1.82, 2.24) is 9.97 Å². The van der Waals surface area contributed by atoms with Gasteiger partial charge in [-0.1, -0.05) is 0 Å². The topological polar surface area (TPSA) is 55.2 Å². The van der Waals surface area contributed by atoms with E-state index >= 15 is 0 Å². The summed E-state index contributed by atoms with van der Waals surface area (Å²) < 4.78 is 5.15.